The molecule has 1 N–H and O–H groups in total. The molecule has 0 bridgehead atoms. The molecule has 1 amide bonds. The molecule has 7 heteroatoms. The van der Waals surface area contributed by atoms with Gasteiger partial charge in [0.25, 0.3) is 5.91 Å². The summed E-state index contributed by atoms with van der Waals surface area (Å²) in [5, 5.41) is 0.890. The first kappa shape index (κ1) is 19.9. The van der Waals surface area contributed by atoms with E-state index in [1.165, 1.54) is 18.2 Å². The third kappa shape index (κ3) is 3.97. The molecular formula is C25H21FN4O2. The van der Waals surface area contributed by atoms with E-state index in [1.54, 1.807) is 36.5 Å². The predicted molar refractivity (Wildman–Crippen MR) is 122 cm³/mol. The number of hydrogen-bond donors (Lipinski definition) is 1. The lowest BCUT2D eigenvalue weighted by Crippen LogP contribution is -2.49. The molecule has 3 heterocycles. The SMILES string of the molecule is O=C(c1ccc2ccc(=O)[nH]c2c1)N1CCN(c2ccc(-c3ccc(F)cc3)cn2)CC1. The summed E-state index contributed by atoms with van der Waals surface area (Å²) in [6, 6.07) is 18.9. The van der Waals surface area contributed by atoms with Crippen LogP contribution in [0.2, 0.25) is 0 Å². The van der Waals surface area contributed by atoms with Gasteiger partial charge in [0, 0.05) is 55.1 Å². The van der Waals surface area contributed by atoms with Crippen LogP contribution in [-0.2, 0) is 0 Å². The van der Waals surface area contributed by atoms with Gasteiger partial charge in [0.1, 0.15) is 11.6 Å². The molecule has 2 aromatic carbocycles. The van der Waals surface area contributed by atoms with Crippen LogP contribution in [0.1, 0.15) is 10.4 Å². The Kier molecular flexibility index (Phi) is 5.15. The minimum absolute atomic E-state index is 0.0455. The van der Waals surface area contributed by atoms with Gasteiger partial charge < -0.3 is 14.8 Å². The molecule has 0 saturated carbocycles. The molecule has 32 heavy (non-hydrogen) atoms. The first-order valence-corrected chi connectivity index (χ1v) is 10.5. The summed E-state index contributed by atoms with van der Waals surface area (Å²) in [6.45, 7) is 2.53. The minimum Gasteiger partial charge on any atom is -0.353 e. The van der Waals surface area contributed by atoms with Crippen molar-refractivity contribution >= 4 is 22.6 Å². The van der Waals surface area contributed by atoms with Crippen molar-refractivity contribution in [3.63, 3.8) is 0 Å². The summed E-state index contributed by atoms with van der Waals surface area (Å²) in [7, 11) is 0. The maximum absolute atomic E-state index is 13.1. The Bertz CT molecular complexity index is 1320. The van der Waals surface area contributed by atoms with Gasteiger partial charge in [0.05, 0.1) is 0 Å². The molecule has 0 unspecified atom stereocenters. The lowest BCUT2D eigenvalue weighted by atomic mass is 10.1. The van der Waals surface area contributed by atoms with E-state index in [4.69, 9.17) is 0 Å². The molecule has 1 saturated heterocycles. The van der Waals surface area contributed by atoms with E-state index in [-0.39, 0.29) is 17.3 Å². The fourth-order valence-electron chi connectivity index (χ4n) is 3.99. The maximum atomic E-state index is 13.1. The quantitative estimate of drug-likeness (QED) is 0.540. The van der Waals surface area contributed by atoms with Crippen LogP contribution >= 0.6 is 0 Å². The van der Waals surface area contributed by atoms with Crippen LogP contribution in [0, 0.1) is 5.82 Å². The molecule has 2 aromatic heterocycles. The van der Waals surface area contributed by atoms with E-state index < -0.39 is 0 Å². The Labute approximate surface area is 183 Å². The topological polar surface area (TPSA) is 69.3 Å². The van der Waals surface area contributed by atoms with Gasteiger partial charge in [-0.25, -0.2) is 9.37 Å². The highest BCUT2D eigenvalue weighted by Gasteiger charge is 2.23. The highest BCUT2D eigenvalue weighted by molar-refractivity contribution is 5.97. The Balaban J connectivity index is 1.25. The molecule has 0 atom stereocenters. The molecule has 0 aliphatic carbocycles. The average Bonchev–Trinajstić information content (AvgIpc) is 2.84. The molecule has 5 rings (SSSR count). The van der Waals surface area contributed by atoms with Crippen molar-refractivity contribution in [3.05, 3.63) is 94.7 Å². The third-order valence-corrected chi connectivity index (χ3v) is 5.79. The second-order valence-electron chi connectivity index (χ2n) is 7.82. The predicted octanol–water partition coefficient (Wildman–Crippen LogP) is 3.69. The van der Waals surface area contributed by atoms with Crippen molar-refractivity contribution < 1.29 is 9.18 Å². The number of nitrogens with zero attached hydrogens (tertiary/aromatic N) is 3. The second kappa shape index (κ2) is 8.26. The van der Waals surface area contributed by atoms with Crippen molar-refractivity contribution in [1.82, 2.24) is 14.9 Å². The molecule has 1 fully saturated rings. The van der Waals surface area contributed by atoms with Crippen molar-refractivity contribution in [2.45, 2.75) is 0 Å². The Morgan fingerprint density at radius 1 is 0.875 bits per heavy atom. The normalized spacial score (nSPS) is 14.0. The summed E-state index contributed by atoms with van der Waals surface area (Å²) in [4.78, 5) is 35.9. The van der Waals surface area contributed by atoms with Crippen molar-refractivity contribution in [2.24, 2.45) is 0 Å². The van der Waals surface area contributed by atoms with Crippen molar-refractivity contribution in [2.75, 3.05) is 31.1 Å². The molecule has 4 aromatic rings. The van der Waals surface area contributed by atoms with E-state index >= 15 is 0 Å². The number of anilines is 1. The standard InChI is InChI=1S/C25H21FN4O2/c26-21-7-3-17(4-8-21)20-5-9-23(27-16-20)29-11-13-30(14-12-29)25(32)19-2-1-18-6-10-24(31)28-22(18)15-19/h1-10,15-16H,11-14H2,(H,28,31). The van der Waals surface area contributed by atoms with Gasteiger partial charge in [0.2, 0.25) is 5.56 Å². The van der Waals surface area contributed by atoms with Crippen LogP contribution in [-0.4, -0.2) is 47.0 Å². The number of pyridine rings is 2. The van der Waals surface area contributed by atoms with Gasteiger partial charge >= 0.3 is 0 Å². The molecule has 1 aliphatic rings. The van der Waals surface area contributed by atoms with Gasteiger partial charge in [-0.1, -0.05) is 18.2 Å². The number of piperazine rings is 1. The van der Waals surface area contributed by atoms with Gasteiger partial charge in [-0.3, -0.25) is 9.59 Å². The second-order valence-corrected chi connectivity index (χ2v) is 7.82. The molecule has 1 aliphatic heterocycles. The lowest BCUT2D eigenvalue weighted by Gasteiger charge is -2.35. The number of carbonyl (C=O) groups is 1. The Morgan fingerprint density at radius 3 is 2.31 bits per heavy atom. The van der Waals surface area contributed by atoms with Crippen molar-refractivity contribution in [3.8, 4) is 11.1 Å². The Morgan fingerprint density at radius 2 is 1.59 bits per heavy atom. The van der Waals surface area contributed by atoms with E-state index in [2.05, 4.69) is 14.9 Å². The molecule has 0 radical (unpaired) electrons. The zero-order chi connectivity index (χ0) is 22.1. The molecule has 0 spiro atoms. The number of aromatic amines is 1. The third-order valence-electron chi connectivity index (χ3n) is 5.79. The fraction of sp³-hybridized carbons (Fsp3) is 0.160. The van der Waals surface area contributed by atoms with Gasteiger partial charge in [-0.05, 0) is 53.4 Å². The van der Waals surface area contributed by atoms with Gasteiger partial charge in [-0.15, -0.1) is 0 Å². The van der Waals surface area contributed by atoms with Crippen LogP contribution in [0.4, 0.5) is 10.2 Å². The van der Waals surface area contributed by atoms with Crippen LogP contribution in [0.3, 0.4) is 0 Å². The number of hydrogen-bond acceptors (Lipinski definition) is 4. The fourth-order valence-corrected chi connectivity index (χ4v) is 3.99. The summed E-state index contributed by atoms with van der Waals surface area (Å²) in [5.41, 5.74) is 2.88. The lowest BCUT2D eigenvalue weighted by molar-refractivity contribution is 0.0746. The van der Waals surface area contributed by atoms with Crippen LogP contribution in [0.15, 0.2) is 77.7 Å². The largest absolute Gasteiger partial charge is 0.353 e. The summed E-state index contributed by atoms with van der Waals surface area (Å²) in [5.74, 6) is 0.546. The minimum atomic E-state index is -0.261. The highest BCUT2D eigenvalue weighted by atomic mass is 19.1. The monoisotopic (exact) mass is 428 g/mol. The van der Waals surface area contributed by atoms with Gasteiger partial charge in [-0.2, -0.15) is 0 Å². The number of halogens is 1. The van der Waals surface area contributed by atoms with E-state index in [9.17, 15) is 14.0 Å². The number of rotatable bonds is 3. The van der Waals surface area contributed by atoms with Crippen LogP contribution < -0.4 is 10.5 Å². The zero-order valence-corrected chi connectivity index (χ0v) is 17.3. The smallest absolute Gasteiger partial charge is 0.254 e. The van der Waals surface area contributed by atoms with E-state index in [0.717, 1.165) is 22.3 Å². The average molecular weight is 428 g/mol. The summed E-state index contributed by atoms with van der Waals surface area (Å²) < 4.78 is 13.1. The number of fused-ring (bicyclic) bond motifs is 1. The number of carbonyl (C=O) groups excluding carboxylic acids is 1. The molecule has 6 nitrogen and oxygen atoms in total. The molecular weight excluding hydrogens is 407 g/mol. The Hall–Kier alpha value is -4.00. The van der Waals surface area contributed by atoms with E-state index in [0.29, 0.717) is 37.3 Å². The number of amides is 1. The van der Waals surface area contributed by atoms with Crippen molar-refractivity contribution in [1.29, 1.82) is 0 Å². The van der Waals surface area contributed by atoms with E-state index in [1.807, 2.05) is 23.1 Å². The number of H-pyrrole nitrogens is 1. The zero-order valence-electron chi connectivity index (χ0n) is 17.3. The summed E-state index contributed by atoms with van der Waals surface area (Å²) >= 11 is 0. The molecule has 160 valence electrons. The maximum Gasteiger partial charge on any atom is 0.254 e. The first-order chi connectivity index (χ1) is 15.6. The number of nitrogens with one attached hydrogen (secondary N) is 1. The number of aromatic nitrogens is 2. The van der Waals surface area contributed by atoms with Crippen LogP contribution in [0.25, 0.3) is 22.0 Å². The van der Waals surface area contributed by atoms with Crippen LogP contribution in [0.5, 0.6) is 0 Å². The number of benzene rings is 2. The highest BCUT2D eigenvalue weighted by Crippen LogP contribution is 2.22. The van der Waals surface area contributed by atoms with Gasteiger partial charge in [0.15, 0.2) is 0 Å². The first-order valence-electron chi connectivity index (χ1n) is 10.5. The summed E-state index contributed by atoms with van der Waals surface area (Å²) in [6.07, 6.45) is 1.79.